The minimum absolute atomic E-state index is 0.0180. The lowest BCUT2D eigenvalue weighted by atomic mass is 10.0. The third-order valence-corrected chi connectivity index (χ3v) is 12.5. The van der Waals surface area contributed by atoms with E-state index in [2.05, 4.69) is 52.5 Å². The molecule has 1 saturated heterocycles. The molecule has 438 valence electrons. The third kappa shape index (κ3) is 22.3. The van der Waals surface area contributed by atoms with Crippen LogP contribution in [0, 0.1) is 11.8 Å². The van der Waals surface area contributed by atoms with Gasteiger partial charge in [0.05, 0.1) is 25.1 Å². The molecule has 30 heteroatoms. The van der Waals surface area contributed by atoms with Gasteiger partial charge in [-0.2, -0.15) is 0 Å². The number of carboxylic acids is 3. The maximum absolute atomic E-state index is 14.3. The number of aliphatic carboxylic acids is 3. The summed E-state index contributed by atoms with van der Waals surface area (Å²) in [5.41, 5.74) is 12.1. The van der Waals surface area contributed by atoms with Crippen LogP contribution in [0.4, 0.5) is 0 Å². The molecule has 0 aliphatic carbocycles. The van der Waals surface area contributed by atoms with Crippen LogP contribution >= 0.6 is 0 Å². The van der Waals surface area contributed by atoms with Crippen molar-refractivity contribution in [3.05, 3.63) is 18.2 Å². The fourth-order valence-corrected chi connectivity index (χ4v) is 7.99. The molecule has 0 aromatic carbocycles. The largest absolute Gasteiger partial charge is 0.481 e. The van der Waals surface area contributed by atoms with Gasteiger partial charge in [-0.1, -0.05) is 27.7 Å². The molecule has 1 aliphatic heterocycles. The Bertz CT molecular complexity index is 2230. The zero-order chi connectivity index (χ0) is 59.0. The summed E-state index contributed by atoms with van der Waals surface area (Å²) in [6, 6.07) is -14.7. The Morgan fingerprint density at radius 3 is 1.65 bits per heavy atom. The Hall–Kier alpha value is -7.31. The monoisotopic (exact) mass is 1110 g/mol. The highest BCUT2D eigenvalue weighted by atomic mass is 16.4. The number of aliphatic hydroxyl groups is 2. The summed E-state index contributed by atoms with van der Waals surface area (Å²) in [6.45, 7) is 8.37. The maximum atomic E-state index is 14.3. The van der Waals surface area contributed by atoms with Gasteiger partial charge in [-0.3, -0.25) is 57.5 Å². The van der Waals surface area contributed by atoms with E-state index >= 15 is 0 Å². The first kappa shape index (κ1) is 66.8. The summed E-state index contributed by atoms with van der Waals surface area (Å²) in [5, 5.41) is 68.2. The molecule has 1 aliphatic rings. The average Bonchev–Trinajstić information content (AvgIpc) is 4.09. The van der Waals surface area contributed by atoms with E-state index in [0.29, 0.717) is 12.1 Å². The van der Waals surface area contributed by atoms with Crippen molar-refractivity contribution in [2.24, 2.45) is 23.3 Å². The molecule has 1 fully saturated rings. The number of rotatable bonds is 35. The zero-order valence-electron chi connectivity index (χ0n) is 44.7. The molecule has 1 aromatic rings. The van der Waals surface area contributed by atoms with Gasteiger partial charge in [0.25, 0.3) is 0 Å². The number of hydrogen-bond acceptors (Lipinski definition) is 17. The van der Waals surface area contributed by atoms with Gasteiger partial charge in [0.15, 0.2) is 0 Å². The van der Waals surface area contributed by atoms with Gasteiger partial charge in [0.2, 0.25) is 53.2 Å². The summed E-state index contributed by atoms with van der Waals surface area (Å²) in [7, 11) is 0. The van der Waals surface area contributed by atoms with E-state index in [1.54, 1.807) is 27.7 Å². The van der Waals surface area contributed by atoms with Crippen molar-refractivity contribution in [3.8, 4) is 0 Å². The van der Waals surface area contributed by atoms with Crippen LogP contribution in [-0.4, -0.2) is 198 Å². The number of likely N-dealkylation sites (tertiary alicyclic amines) is 1. The Kier molecular flexibility index (Phi) is 28.3. The van der Waals surface area contributed by atoms with Gasteiger partial charge in [-0.25, -0.2) is 4.98 Å². The number of unbranched alkanes of at least 4 members (excludes halogenated alkanes) is 1. The molecule has 0 saturated carbocycles. The van der Waals surface area contributed by atoms with E-state index in [1.165, 1.54) is 19.4 Å². The Morgan fingerprint density at radius 2 is 1.17 bits per heavy atom. The van der Waals surface area contributed by atoms with Crippen molar-refractivity contribution < 1.29 is 83.1 Å². The maximum Gasteiger partial charge on any atom is 0.325 e. The van der Waals surface area contributed by atoms with E-state index in [1.807, 2.05) is 0 Å². The van der Waals surface area contributed by atoms with Crippen LogP contribution in [0.3, 0.4) is 0 Å². The topological polar surface area (TPSA) is 486 Å². The molecule has 0 spiro atoms. The zero-order valence-corrected chi connectivity index (χ0v) is 44.7. The molecule has 0 bridgehead atoms. The lowest BCUT2D eigenvalue weighted by Crippen LogP contribution is -2.62. The first-order chi connectivity index (χ1) is 36.6. The van der Waals surface area contributed by atoms with Crippen LogP contribution in [0.25, 0.3) is 0 Å². The molecular formula is C48H79N13O17. The Balaban J connectivity index is 2.39. The van der Waals surface area contributed by atoms with Crippen molar-refractivity contribution >= 4 is 71.1 Å². The number of hydrogen-bond donors (Lipinski definition) is 16. The standard InChI is InChI=1S/C48H79N13O17/c1-23(2)18-31(57-42(71)32(19-27-20-51-22-52-27)58-46(75)37(50)24(3)4)43(72)60-38(26(6)63)47(76)61-17-9-11-34(61)45(74)56-30(13-15-36(66)67)41(70)55-29(12-14-35(64)65)40(69)54-28(10-7-8-16-49)39(68)59-33(21-62)44(73)53-25(5)48(77)78/h20,22-26,28-34,37-38,62-63H,7-19,21,49-50H2,1-6H3,(H,51,52)(H,53,73)(H,54,69)(H,55,70)(H,56,74)(H,57,71)(H,58,75)(H,59,68)(H,60,72)(H,64,65)(H,66,67)(H,77,78). The van der Waals surface area contributed by atoms with Gasteiger partial charge in [0.1, 0.15) is 54.4 Å². The molecule has 2 rings (SSSR count). The minimum Gasteiger partial charge on any atom is -0.481 e. The van der Waals surface area contributed by atoms with E-state index in [0.717, 1.165) is 11.8 Å². The third-order valence-electron chi connectivity index (χ3n) is 12.5. The molecule has 11 unspecified atom stereocenters. The number of imidazole rings is 1. The molecule has 30 nitrogen and oxygen atoms in total. The summed E-state index contributed by atoms with van der Waals surface area (Å²) in [6.07, 6.45) is -0.876. The van der Waals surface area contributed by atoms with E-state index in [9.17, 15) is 78.0 Å². The number of nitrogens with zero attached hydrogens (tertiary/aromatic N) is 2. The van der Waals surface area contributed by atoms with Gasteiger partial charge < -0.3 is 89.4 Å². The number of amides is 9. The Labute approximate surface area is 450 Å². The van der Waals surface area contributed by atoms with Crippen molar-refractivity contribution in [2.75, 3.05) is 19.7 Å². The summed E-state index contributed by atoms with van der Waals surface area (Å²) in [5.74, 6) is -13.4. The van der Waals surface area contributed by atoms with Gasteiger partial charge in [-0.05, 0) is 83.6 Å². The first-order valence-electron chi connectivity index (χ1n) is 25.7. The predicted octanol–water partition coefficient (Wildman–Crippen LogP) is -4.81. The van der Waals surface area contributed by atoms with Gasteiger partial charge >= 0.3 is 17.9 Å². The fraction of sp³-hybridized carbons (Fsp3) is 0.688. The lowest BCUT2D eigenvalue weighted by Gasteiger charge is -2.32. The highest BCUT2D eigenvalue weighted by Crippen LogP contribution is 2.21. The van der Waals surface area contributed by atoms with Crippen molar-refractivity contribution in [1.82, 2.24) is 57.4 Å². The molecule has 9 amide bonds. The lowest BCUT2D eigenvalue weighted by molar-refractivity contribution is -0.145. The van der Waals surface area contributed by atoms with Crippen molar-refractivity contribution in [2.45, 2.75) is 179 Å². The summed E-state index contributed by atoms with van der Waals surface area (Å²) in [4.78, 5) is 166. The van der Waals surface area contributed by atoms with Crippen LogP contribution in [0.2, 0.25) is 0 Å². The molecule has 78 heavy (non-hydrogen) atoms. The predicted molar refractivity (Wildman–Crippen MR) is 273 cm³/mol. The second kappa shape index (κ2) is 33.1. The number of aromatic nitrogens is 2. The Morgan fingerprint density at radius 1 is 0.667 bits per heavy atom. The smallest absolute Gasteiger partial charge is 0.325 e. The van der Waals surface area contributed by atoms with Crippen molar-refractivity contribution in [1.29, 1.82) is 0 Å². The molecule has 11 atom stereocenters. The first-order valence-corrected chi connectivity index (χ1v) is 25.7. The molecule has 2 heterocycles. The molecule has 0 radical (unpaired) electrons. The normalized spacial score (nSPS) is 17.1. The molecule has 18 N–H and O–H groups in total. The van der Waals surface area contributed by atoms with Crippen LogP contribution in [-0.2, 0) is 64.0 Å². The number of carboxylic acid groups (broad SMARTS) is 3. The minimum atomic E-state index is -1.76. The van der Waals surface area contributed by atoms with Crippen LogP contribution in [0.5, 0.6) is 0 Å². The van der Waals surface area contributed by atoms with Gasteiger partial charge in [0, 0.05) is 37.7 Å². The van der Waals surface area contributed by atoms with E-state index in [4.69, 9.17) is 16.6 Å². The second-order valence-corrected chi connectivity index (χ2v) is 19.9. The van der Waals surface area contributed by atoms with Crippen LogP contribution in [0.1, 0.15) is 111 Å². The quantitative estimate of drug-likeness (QED) is 0.0284. The van der Waals surface area contributed by atoms with Crippen LogP contribution in [0.15, 0.2) is 12.5 Å². The number of aromatic amines is 1. The van der Waals surface area contributed by atoms with Gasteiger partial charge in [-0.15, -0.1) is 0 Å². The fourth-order valence-electron chi connectivity index (χ4n) is 7.99. The SMILES string of the molecule is CC(C)CC(NC(=O)C(Cc1cnc[nH]1)NC(=O)C(N)C(C)C)C(=O)NC(C(=O)N1CCCC1C(=O)NC(CCC(=O)O)C(=O)NC(CCC(=O)O)C(=O)NC(CCCCN)C(=O)NC(CO)C(=O)NC(C)C(=O)O)C(C)O. The van der Waals surface area contributed by atoms with Crippen LogP contribution < -0.4 is 54.0 Å². The van der Waals surface area contributed by atoms with E-state index in [-0.39, 0.29) is 63.5 Å². The average molecular weight is 1110 g/mol. The van der Waals surface area contributed by atoms with Crippen molar-refractivity contribution in [3.63, 3.8) is 0 Å². The second-order valence-electron chi connectivity index (χ2n) is 19.9. The molecule has 1 aromatic heterocycles. The summed E-state index contributed by atoms with van der Waals surface area (Å²) >= 11 is 0. The summed E-state index contributed by atoms with van der Waals surface area (Å²) < 4.78 is 0. The number of carbonyl (C=O) groups is 12. The molecular weight excluding hydrogens is 1030 g/mol. The number of carbonyl (C=O) groups excluding carboxylic acids is 9. The van der Waals surface area contributed by atoms with E-state index < -0.39 is 170 Å². The number of aliphatic hydroxyl groups excluding tert-OH is 2. The number of H-pyrrole nitrogens is 1. The number of nitrogens with two attached hydrogens (primary N) is 2. The highest BCUT2D eigenvalue weighted by Gasteiger charge is 2.42. The highest BCUT2D eigenvalue weighted by molar-refractivity contribution is 5.99. The number of nitrogens with one attached hydrogen (secondary N) is 9.